The predicted octanol–water partition coefficient (Wildman–Crippen LogP) is 1.39. The molecule has 0 aromatic carbocycles. The lowest BCUT2D eigenvalue weighted by Gasteiger charge is -2.25. The van der Waals surface area contributed by atoms with E-state index in [1.807, 2.05) is 18.2 Å². The number of hydrogen-bond acceptors (Lipinski definition) is 7. The van der Waals surface area contributed by atoms with Crippen molar-refractivity contribution in [1.82, 2.24) is 14.9 Å². The maximum atomic E-state index is 8.67. The molecule has 0 aliphatic carbocycles. The molecule has 0 spiro atoms. The average Bonchev–Trinajstić information content (AvgIpc) is 3.02. The molecule has 22 heavy (non-hydrogen) atoms. The maximum absolute atomic E-state index is 8.67. The van der Waals surface area contributed by atoms with Crippen LogP contribution in [0.1, 0.15) is 17.2 Å². The van der Waals surface area contributed by atoms with E-state index in [-0.39, 0.29) is 0 Å². The van der Waals surface area contributed by atoms with Crippen LogP contribution in [0.15, 0.2) is 28.9 Å². The summed E-state index contributed by atoms with van der Waals surface area (Å²) in [6.45, 7) is 4.78. The van der Waals surface area contributed by atoms with Crippen LogP contribution in [-0.4, -0.2) is 41.2 Å². The van der Waals surface area contributed by atoms with E-state index in [2.05, 4.69) is 20.2 Å². The third kappa shape index (κ3) is 3.81. The van der Waals surface area contributed by atoms with Crippen LogP contribution in [-0.2, 0) is 17.8 Å². The summed E-state index contributed by atoms with van der Waals surface area (Å²) in [6, 6.07) is 5.89. The van der Waals surface area contributed by atoms with Gasteiger partial charge in [-0.05, 0) is 12.1 Å². The molecule has 3 heterocycles. The Bertz CT molecular complexity index is 641. The van der Waals surface area contributed by atoms with Gasteiger partial charge in [-0.3, -0.25) is 4.90 Å². The van der Waals surface area contributed by atoms with Crippen LogP contribution in [0.3, 0.4) is 0 Å². The molecule has 0 amide bonds. The van der Waals surface area contributed by atoms with Crippen LogP contribution in [0.25, 0.3) is 0 Å². The monoisotopic (exact) mass is 299 g/mol. The molecule has 2 aromatic rings. The van der Waals surface area contributed by atoms with E-state index < -0.39 is 0 Å². The van der Waals surface area contributed by atoms with Gasteiger partial charge in [-0.15, -0.1) is 0 Å². The fourth-order valence-corrected chi connectivity index (χ4v) is 2.24. The first-order valence-corrected chi connectivity index (χ1v) is 7.17. The van der Waals surface area contributed by atoms with Crippen molar-refractivity contribution in [1.29, 1.82) is 5.26 Å². The van der Waals surface area contributed by atoms with Gasteiger partial charge < -0.3 is 14.5 Å². The zero-order valence-corrected chi connectivity index (χ0v) is 12.2. The van der Waals surface area contributed by atoms with E-state index >= 15 is 0 Å². The Balaban J connectivity index is 1.51. The zero-order chi connectivity index (χ0) is 15.2. The highest BCUT2D eigenvalue weighted by atomic mass is 16.5. The van der Waals surface area contributed by atoms with Gasteiger partial charge in [0.2, 0.25) is 0 Å². The van der Waals surface area contributed by atoms with E-state index in [1.165, 1.54) is 12.4 Å². The summed E-state index contributed by atoms with van der Waals surface area (Å²) in [6.07, 6.45) is 2.98. The lowest BCUT2D eigenvalue weighted by atomic mass is 10.3. The van der Waals surface area contributed by atoms with Crippen molar-refractivity contribution >= 4 is 5.82 Å². The summed E-state index contributed by atoms with van der Waals surface area (Å²) in [7, 11) is 0. The summed E-state index contributed by atoms with van der Waals surface area (Å²) >= 11 is 0. The predicted molar refractivity (Wildman–Crippen MR) is 78.9 cm³/mol. The first kappa shape index (κ1) is 14.5. The molecule has 114 valence electrons. The molecule has 3 rings (SSSR count). The van der Waals surface area contributed by atoms with Crippen molar-refractivity contribution in [2.24, 2.45) is 0 Å². The Hall–Kier alpha value is -2.43. The molecule has 0 unspecified atom stereocenters. The van der Waals surface area contributed by atoms with E-state index in [1.54, 1.807) is 0 Å². The van der Waals surface area contributed by atoms with E-state index in [0.29, 0.717) is 18.1 Å². The fraction of sp³-hybridized carbons (Fsp3) is 0.400. The Labute approximate surface area is 128 Å². The molecule has 7 nitrogen and oxygen atoms in total. The van der Waals surface area contributed by atoms with Gasteiger partial charge in [0.25, 0.3) is 0 Å². The highest BCUT2D eigenvalue weighted by Crippen LogP contribution is 2.13. The number of rotatable bonds is 5. The maximum Gasteiger partial charge on any atom is 0.158 e. The highest BCUT2D eigenvalue weighted by molar-refractivity contribution is 5.33. The Morgan fingerprint density at radius 1 is 1.18 bits per heavy atom. The molecular formula is C15H17N5O2. The fourth-order valence-electron chi connectivity index (χ4n) is 2.24. The molecule has 0 saturated carbocycles. The number of hydrogen-bond donors (Lipinski definition) is 1. The van der Waals surface area contributed by atoms with Gasteiger partial charge >= 0.3 is 0 Å². The molecule has 1 saturated heterocycles. The molecule has 7 heteroatoms. The molecule has 1 aliphatic heterocycles. The van der Waals surface area contributed by atoms with Gasteiger partial charge in [0.05, 0.1) is 38.7 Å². The van der Waals surface area contributed by atoms with Crippen molar-refractivity contribution in [3.63, 3.8) is 0 Å². The van der Waals surface area contributed by atoms with Gasteiger partial charge in [0, 0.05) is 13.1 Å². The van der Waals surface area contributed by atoms with Crippen LogP contribution >= 0.6 is 0 Å². The van der Waals surface area contributed by atoms with Gasteiger partial charge in [-0.1, -0.05) is 0 Å². The number of nitrogens with zero attached hydrogens (tertiary/aromatic N) is 4. The molecule has 1 fully saturated rings. The number of furan rings is 1. The lowest BCUT2D eigenvalue weighted by molar-refractivity contribution is 0.0312. The minimum atomic E-state index is 0.302. The Morgan fingerprint density at radius 2 is 2.00 bits per heavy atom. The summed E-state index contributed by atoms with van der Waals surface area (Å²) in [4.78, 5) is 10.4. The average molecular weight is 299 g/mol. The second-order valence-electron chi connectivity index (χ2n) is 5.01. The van der Waals surface area contributed by atoms with E-state index in [4.69, 9.17) is 14.4 Å². The van der Waals surface area contributed by atoms with Crippen molar-refractivity contribution < 1.29 is 9.15 Å². The normalized spacial score (nSPS) is 15.4. The van der Waals surface area contributed by atoms with Crippen LogP contribution in [0, 0.1) is 11.3 Å². The second kappa shape index (κ2) is 7.02. The number of aromatic nitrogens is 2. The van der Waals surface area contributed by atoms with Gasteiger partial charge in [-0.2, -0.15) is 5.26 Å². The molecule has 0 radical (unpaired) electrons. The second-order valence-corrected chi connectivity index (χ2v) is 5.01. The Kier molecular flexibility index (Phi) is 4.63. The number of nitriles is 1. The first-order chi connectivity index (χ1) is 10.8. The minimum Gasteiger partial charge on any atom is -0.463 e. The van der Waals surface area contributed by atoms with Crippen molar-refractivity contribution in [3.8, 4) is 6.07 Å². The van der Waals surface area contributed by atoms with Crippen molar-refractivity contribution in [3.05, 3.63) is 41.7 Å². The van der Waals surface area contributed by atoms with E-state index in [9.17, 15) is 0 Å². The van der Waals surface area contributed by atoms with Crippen LogP contribution in [0.4, 0.5) is 5.82 Å². The van der Waals surface area contributed by atoms with Crippen LogP contribution in [0.5, 0.6) is 0 Å². The van der Waals surface area contributed by atoms with Crippen LogP contribution < -0.4 is 5.32 Å². The molecule has 1 N–H and O–H groups in total. The SMILES string of the molecule is N#Cc1cnc(NCc2ccc(CN3CCOCC3)o2)cn1. The van der Waals surface area contributed by atoms with Gasteiger partial charge in [0.15, 0.2) is 5.69 Å². The Morgan fingerprint density at radius 3 is 2.73 bits per heavy atom. The van der Waals surface area contributed by atoms with E-state index in [0.717, 1.165) is 44.4 Å². The van der Waals surface area contributed by atoms with Gasteiger partial charge in [0.1, 0.15) is 23.4 Å². The number of anilines is 1. The highest BCUT2D eigenvalue weighted by Gasteiger charge is 2.12. The summed E-state index contributed by atoms with van der Waals surface area (Å²) in [5, 5.41) is 11.8. The third-order valence-electron chi connectivity index (χ3n) is 3.41. The zero-order valence-electron chi connectivity index (χ0n) is 12.2. The summed E-state index contributed by atoms with van der Waals surface area (Å²) in [5.74, 6) is 2.41. The van der Waals surface area contributed by atoms with Crippen LogP contribution in [0.2, 0.25) is 0 Å². The molecule has 0 atom stereocenters. The first-order valence-electron chi connectivity index (χ1n) is 7.17. The molecule has 0 bridgehead atoms. The molecule has 1 aliphatic rings. The number of nitrogens with one attached hydrogen (secondary N) is 1. The lowest BCUT2D eigenvalue weighted by Crippen LogP contribution is -2.35. The molecular weight excluding hydrogens is 282 g/mol. The summed E-state index contributed by atoms with van der Waals surface area (Å²) in [5.41, 5.74) is 0.302. The summed E-state index contributed by atoms with van der Waals surface area (Å²) < 4.78 is 11.1. The third-order valence-corrected chi connectivity index (χ3v) is 3.41. The van der Waals surface area contributed by atoms with Crippen molar-refractivity contribution in [2.45, 2.75) is 13.1 Å². The van der Waals surface area contributed by atoms with Gasteiger partial charge in [-0.25, -0.2) is 9.97 Å². The topological polar surface area (TPSA) is 87.2 Å². The number of ether oxygens (including phenoxy) is 1. The standard InChI is InChI=1S/C15H17N5O2/c16-7-12-8-18-15(10-17-12)19-9-13-1-2-14(22-13)11-20-3-5-21-6-4-20/h1-2,8,10H,3-6,9,11H2,(H,18,19). The minimum absolute atomic E-state index is 0.302. The molecule has 2 aromatic heterocycles. The smallest absolute Gasteiger partial charge is 0.158 e. The largest absolute Gasteiger partial charge is 0.463 e. The number of morpholine rings is 1. The van der Waals surface area contributed by atoms with Crippen molar-refractivity contribution in [2.75, 3.05) is 31.6 Å². The quantitative estimate of drug-likeness (QED) is 0.892.